The van der Waals surface area contributed by atoms with Crippen LogP contribution in [0.4, 0.5) is 5.82 Å². The Morgan fingerprint density at radius 1 is 1.22 bits per heavy atom. The molecule has 0 amide bonds. The first-order chi connectivity index (χ1) is 8.67. The van der Waals surface area contributed by atoms with Gasteiger partial charge in [-0.25, -0.2) is 9.97 Å². The lowest BCUT2D eigenvalue weighted by Crippen LogP contribution is -2.30. The van der Waals surface area contributed by atoms with E-state index in [1.165, 1.54) is 19.2 Å². The first kappa shape index (κ1) is 15.5. The number of anilines is 1. The maximum Gasteiger partial charge on any atom is 0.138 e. The molecule has 0 aromatic carbocycles. The average Bonchev–Trinajstić information content (AvgIpc) is 2.40. The van der Waals surface area contributed by atoms with Crippen molar-refractivity contribution in [3.05, 3.63) is 17.0 Å². The fourth-order valence-electron chi connectivity index (χ4n) is 1.99. The Labute approximate surface area is 120 Å². The maximum atomic E-state index is 6.07. The van der Waals surface area contributed by atoms with E-state index in [2.05, 4.69) is 35.6 Å². The van der Waals surface area contributed by atoms with E-state index in [1.54, 1.807) is 0 Å². The van der Waals surface area contributed by atoms with Crippen LogP contribution in [0.3, 0.4) is 0 Å². The zero-order valence-corrected chi connectivity index (χ0v) is 12.8. The molecule has 0 N–H and O–H groups in total. The van der Waals surface area contributed by atoms with Crippen LogP contribution in [-0.4, -0.2) is 23.1 Å². The normalized spacial score (nSPS) is 11.0. The molecule has 1 heterocycles. The Kier molecular flexibility index (Phi) is 6.72. The SMILES string of the molecule is CCC(CC)CN(CC)c1ncnc(Cl)c1CCl. The number of hydrogen-bond acceptors (Lipinski definition) is 3. The number of halogens is 2. The molecule has 0 unspecified atom stereocenters. The van der Waals surface area contributed by atoms with E-state index < -0.39 is 0 Å². The highest BCUT2D eigenvalue weighted by Gasteiger charge is 2.17. The third-order valence-corrected chi connectivity index (χ3v) is 3.91. The van der Waals surface area contributed by atoms with Gasteiger partial charge >= 0.3 is 0 Å². The average molecular weight is 290 g/mol. The molecule has 0 aliphatic carbocycles. The second-order valence-electron chi connectivity index (χ2n) is 4.32. The topological polar surface area (TPSA) is 29.0 Å². The Balaban J connectivity index is 2.97. The number of alkyl halides is 1. The van der Waals surface area contributed by atoms with Crippen LogP contribution < -0.4 is 4.90 Å². The van der Waals surface area contributed by atoms with Gasteiger partial charge < -0.3 is 4.90 Å². The van der Waals surface area contributed by atoms with Gasteiger partial charge in [0.25, 0.3) is 0 Å². The summed E-state index contributed by atoms with van der Waals surface area (Å²) in [6, 6.07) is 0. The van der Waals surface area contributed by atoms with Gasteiger partial charge in [-0.1, -0.05) is 38.3 Å². The van der Waals surface area contributed by atoms with E-state index in [4.69, 9.17) is 23.2 Å². The van der Waals surface area contributed by atoms with Gasteiger partial charge in [-0.2, -0.15) is 0 Å². The Hall–Kier alpha value is -0.540. The Morgan fingerprint density at radius 2 is 1.89 bits per heavy atom. The lowest BCUT2D eigenvalue weighted by molar-refractivity contribution is 0.484. The molecule has 0 fully saturated rings. The van der Waals surface area contributed by atoms with Crippen LogP contribution in [0, 0.1) is 5.92 Å². The fraction of sp³-hybridized carbons (Fsp3) is 0.692. The first-order valence-electron chi connectivity index (χ1n) is 6.48. The molecule has 102 valence electrons. The molecule has 0 saturated heterocycles. The van der Waals surface area contributed by atoms with Gasteiger partial charge in [-0.05, 0) is 12.8 Å². The molecule has 0 bridgehead atoms. The van der Waals surface area contributed by atoms with Gasteiger partial charge in [-0.3, -0.25) is 0 Å². The van der Waals surface area contributed by atoms with Crippen molar-refractivity contribution in [2.24, 2.45) is 5.92 Å². The number of aromatic nitrogens is 2. The van der Waals surface area contributed by atoms with Crippen LogP contribution in [0.15, 0.2) is 6.33 Å². The van der Waals surface area contributed by atoms with Gasteiger partial charge in [0.1, 0.15) is 17.3 Å². The first-order valence-corrected chi connectivity index (χ1v) is 7.39. The van der Waals surface area contributed by atoms with Crippen LogP contribution in [0.1, 0.15) is 39.2 Å². The largest absolute Gasteiger partial charge is 0.356 e. The summed E-state index contributed by atoms with van der Waals surface area (Å²) < 4.78 is 0. The summed E-state index contributed by atoms with van der Waals surface area (Å²) in [6.45, 7) is 8.44. The van der Waals surface area contributed by atoms with E-state index in [-0.39, 0.29) is 0 Å². The minimum Gasteiger partial charge on any atom is -0.356 e. The molecule has 0 atom stereocenters. The highest BCUT2D eigenvalue weighted by molar-refractivity contribution is 6.31. The Bertz CT molecular complexity index is 367. The molecule has 3 nitrogen and oxygen atoms in total. The van der Waals surface area contributed by atoms with Gasteiger partial charge in [-0.15, -0.1) is 11.6 Å². The lowest BCUT2D eigenvalue weighted by atomic mass is 10.0. The van der Waals surface area contributed by atoms with Crippen LogP contribution in [-0.2, 0) is 5.88 Å². The molecule has 18 heavy (non-hydrogen) atoms. The molecule has 1 rings (SSSR count). The van der Waals surface area contributed by atoms with Crippen LogP contribution >= 0.6 is 23.2 Å². The molecule has 0 radical (unpaired) electrons. The van der Waals surface area contributed by atoms with Crippen molar-refractivity contribution >= 4 is 29.0 Å². The minimum atomic E-state index is 0.342. The summed E-state index contributed by atoms with van der Waals surface area (Å²) in [5.41, 5.74) is 0.827. The molecule has 0 spiro atoms. The summed E-state index contributed by atoms with van der Waals surface area (Å²) in [6.07, 6.45) is 3.84. The predicted octanol–water partition coefficient (Wildman–Crippen LogP) is 4.13. The second-order valence-corrected chi connectivity index (χ2v) is 4.95. The quantitative estimate of drug-likeness (QED) is 0.558. The molecule has 5 heteroatoms. The van der Waals surface area contributed by atoms with E-state index in [0.29, 0.717) is 17.0 Å². The molecule has 1 aromatic rings. The van der Waals surface area contributed by atoms with Crippen molar-refractivity contribution in [3.63, 3.8) is 0 Å². The summed E-state index contributed by atoms with van der Waals surface area (Å²) in [4.78, 5) is 10.6. The van der Waals surface area contributed by atoms with Crippen molar-refractivity contribution in [1.29, 1.82) is 0 Å². The minimum absolute atomic E-state index is 0.342. The van der Waals surface area contributed by atoms with Crippen molar-refractivity contribution in [3.8, 4) is 0 Å². The van der Waals surface area contributed by atoms with Crippen molar-refractivity contribution < 1.29 is 0 Å². The molecule has 1 aromatic heterocycles. The maximum absolute atomic E-state index is 6.07. The summed E-state index contributed by atoms with van der Waals surface area (Å²) in [7, 11) is 0. The summed E-state index contributed by atoms with van der Waals surface area (Å²) in [5, 5.41) is 0.456. The van der Waals surface area contributed by atoms with E-state index >= 15 is 0 Å². The standard InChI is InChI=1S/C13H21Cl2N3/c1-4-10(5-2)8-18(6-3)13-11(7-14)12(15)16-9-17-13/h9-10H,4-8H2,1-3H3. The number of hydrogen-bond donors (Lipinski definition) is 0. The predicted molar refractivity (Wildman–Crippen MR) is 78.6 cm³/mol. The van der Waals surface area contributed by atoms with Crippen LogP contribution in [0.2, 0.25) is 5.15 Å². The van der Waals surface area contributed by atoms with E-state index in [0.717, 1.165) is 24.5 Å². The molecule has 0 aliphatic heterocycles. The smallest absolute Gasteiger partial charge is 0.138 e. The van der Waals surface area contributed by atoms with Crippen molar-refractivity contribution in [1.82, 2.24) is 9.97 Å². The third-order valence-electron chi connectivity index (χ3n) is 3.32. The molecule has 0 saturated carbocycles. The zero-order valence-electron chi connectivity index (χ0n) is 11.3. The lowest BCUT2D eigenvalue weighted by Gasteiger charge is -2.27. The van der Waals surface area contributed by atoms with Crippen molar-refractivity contribution in [2.75, 3.05) is 18.0 Å². The molecular formula is C13H21Cl2N3. The summed E-state index contributed by atoms with van der Waals surface area (Å²) >= 11 is 12.0. The van der Waals surface area contributed by atoms with E-state index in [9.17, 15) is 0 Å². The number of nitrogens with zero attached hydrogens (tertiary/aromatic N) is 3. The van der Waals surface area contributed by atoms with Gasteiger partial charge in [0.15, 0.2) is 0 Å². The third kappa shape index (κ3) is 3.72. The second kappa shape index (κ2) is 7.80. The number of rotatable bonds is 7. The Morgan fingerprint density at radius 3 is 2.39 bits per heavy atom. The molecular weight excluding hydrogens is 269 g/mol. The van der Waals surface area contributed by atoms with Crippen molar-refractivity contribution in [2.45, 2.75) is 39.5 Å². The highest BCUT2D eigenvalue weighted by atomic mass is 35.5. The van der Waals surface area contributed by atoms with Crippen LogP contribution in [0.25, 0.3) is 0 Å². The zero-order chi connectivity index (χ0) is 13.5. The van der Waals surface area contributed by atoms with E-state index in [1.807, 2.05) is 0 Å². The van der Waals surface area contributed by atoms with Gasteiger partial charge in [0, 0.05) is 18.7 Å². The monoisotopic (exact) mass is 289 g/mol. The van der Waals surface area contributed by atoms with Gasteiger partial charge in [0.05, 0.1) is 5.88 Å². The molecule has 0 aliphatic rings. The fourth-order valence-corrected chi connectivity index (χ4v) is 2.50. The van der Waals surface area contributed by atoms with Crippen LogP contribution in [0.5, 0.6) is 0 Å². The summed E-state index contributed by atoms with van der Waals surface area (Å²) in [5.74, 6) is 1.88. The van der Waals surface area contributed by atoms with Gasteiger partial charge in [0.2, 0.25) is 0 Å². The highest BCUT2D eigenvalue weighted by Crippen LogP contribution is 2.26.